The third-order valence-corrected chi connectivity index (χ3v) is 6.29. The second-order valence-corrected chi connectivity index (χ2v) is 8.42. The number of hydrogen-bond donors (Lipinski definition) is 1. The van der Waals surface area contributed by atoms with Gasteiger partial charge in [0.05, 0.1) is 16.8 Å². The number of aromatic nitrogens is 2. The van der Waals surface area contributed by atoms with Crippen molar-refractivity contribution in [1.29, 1.82) is 0 Å². The van der Waals surface area contributed by atoms with Crippen LogP contribution < -0.4 is 4.72 Å². The summed E-state index contributed by atoms with van der Waals surface area (Å²) in [7, 11) is -3.64. The summed E-state index contributed by atoms with van der Waals surface area (Å²) in [6.07, 6.45) is 3.97. The molecular formula is C20H21N3O2S. The minimum absolute atomic E-state index is 0.313. The van der Waals surface area contributed by atoms with Crippen LogP contribution in [0.2, 0.25) is 0 Å². The highest BCUT2D eigenvalue weighted by Gasteiger charge is 2.19. The molecule has 1 N–H and O–H groups in total. The molecule has 1 aliphatic heterocycles. The van der Waals surface area contributed by atoms with Gasteiger partial charge >= 0.3 is 0 Å². The van der Waals surface area contributed by atoms with E-state index in [1.807, 2.05) is 43.5 Å². The average Bonchev–Trinajstić information content (AvgIpc) is 3.20. The van der Waals surface area contributed by atoms with Crippen molar-refractivity contribution >= 4 is 15.7 Å². The number of imidazole rings is 1. The van der Waals surface area contributed by atoms with E-state index in [1.165, 1.54) is 0 Å². The fraction of sp³-hybridized carbons (Fsp3) is 0.250. The van der Waals surface area contributed by atoms with Gasteiger partial charge < -0.3 is 4.57 Å². The molecule has 3 aromatic rings. The number of benzene rings is 2. The molecule has 5 nitrogen and oxygen atoms in total. The summed E-state index contributed by atoms with van der Waals surface area (Å²) in [6.45, 7) is 4.66. The topological polar surface area (TPSA) is 64.0 Å². The lowest BCUT2D eigenvalue weighted by Gasteiger charge is -2.12. The van der Waals surface area contributed by atoms with Gasteiger partial charge in [0, 0.05) is 24.2 Å². The Kier molecular flexibility index (Phi) is 4.07. The van der Waals surface area contributed by atoms with Gasteiger partial charge in [-0.25, -0.2) is 13.4 Å². The zero-order valence-corrected chi connectivity index (χ0v) is 15.7. The van der Waals surface area contributed by atoms with Crippen molar-refractivity contribution in [2.24, 2.45) is 0 Å². The molecule has 4 rings (SSSR count). The Labute approximate surface area is 153 Å². The summed E-state index contributed by atoms with van der Waals surface area (Å²) in [5.41, 5.74) is 4.20. The Morgan fingerprint density at radius 1 is 1.12 bits per heavy atom. The molecule has 0 radical (unpaired) electrons. The maximum absolute atomic E-state index is 12.8. The Morgan fingerprint density at radius 2 is 1.96 bits per heavy atom. The molecule has 0 amide bonds. The fourth-order valence-corrected chi connectivity index (χ4v) is 4.82. The Balaban J connectivity index is 1.68. The van der Waals surface area contributed by atoms with E-state index >= 15 is 0 Å². The Morgan fingerprint density at radius 3 is 2.81 bits per heavy atom. The molecule has 0 atom stereocenters. The Bertz CT molecular complexity index is 1080. The van der Waals surface area contributed by atoms with Crippen LogP contribution in [-0.4, -0.2) is 18.0 Å². The van der Waals surface area contributed by atoms with Crippen LogP contribution in [0.4, 0.5) is 5.69 Å². The first-order valence-corrected chi connectivity index (χ1v) is 10.2. The summed E-state index contributed by atoms with van der Waals surface area (Å²) in [5.74, 6) is 1.10. The molecule has 1 aromatic heterocycles. The lowest BCUT2D eigenvalue weighted by atomic mass is 10.1. The van der Waals surface area contributed by atoms with Crippen LogP contribution >= 0.6 is 0 Å². The van der Waals surface area contributed by atoms with Crippen LogP contribution in [0.5, 0.6) is 0 Å². The van der Waals surface area contributed by atoms with Gasteiger partial charge in [-0.05, 0) is 49.6 Å². The number of anilines is 1. The zero-order valence-electron chi connectivity index (χ0n) is 14.9. The Hall–Kier alpha value is -2.60. The highest BCUT2D eigenvalue weighted by atomic mass is 32.2. The highest BCUT2D eigenvalue weighted by molar-refractivity contribution is 7.92. The second kappa shape index (κ2) is 6.29. The standard InChI is InChI=1S/C20H21N3O2S/c1-14-8-9-15(2)19(11-14)26(24,25)22-17-6-3-5-16(12-17)18-13-21-20-7-4-10-23(18)20/h3,5-6,8-9,11-13,22H,4,7,10H2,1-2H3. The van der Waals surface area contributed by atoms with E-state index in [9.17, 15) is 8.42 Å². The van der Waals surface area contributed by atoms with Crippen LogP contribution in [0.25, 0.3) is 11.3 Å². The molecule has 6 heteroatoms. The van der Waals surface area contributed by atoms with E-state index in [2.05, 4.69) is 14.3 Å². The van der Waals surface area contributed by atoms with Crippen molar-refractivity contribution < 1.29 is 8.42 Å². The molecule has 134 valence electrons. The first-order chi connectivity index (χ1) is 12.4. The summed E-state index contributed by atoms with van der Waals surface area (Å²) in [4.78, 5) is 4.78. The van der Waals surface area contributed by atoms with E-state index in [0.717, 1.165) is 47.6 Å². The van der Waals surface area contributed by atoms with Crippen LogP contribution in [0.3, 0.4) is 0 Å². The number of hydrogen-bond acceptors (Lipinski definition) is 3. The molecule has 0 aliphatic carbocycles. The molecule has 0 saturated heterocycles. The molecule has 2 heterocycles. The largest absolute Gasteiger partial charge is 0.328 e. The SMILES string of the molecule is Cc1ccc(C)c(S(=O)(=O)Nc2cccc(-c3cnc4n3CCC4)c2)c1. The predicted octanol–water partition coefficient (Wildman–Crippen LogP) is 3.91. The molecular weight excluding hydrogens is 346 g/mol. The maximum atomic E-state index is 12.8. The van der Waals surface area contributed by atoms with Gasteiger partial charge in [0.15, 0.2) is 0 Å². The third kappa shape index (κ3) is 3.01. The first kappa shape index (κ1) is 16.8. The number of nitrogens with zero attached hydrogens (tertiary/aromatic N) is 2. The van der Waals surface area contributed by atoms with Crippen LogP contribution in [0.15, 0.2) is 53.6 Å². The van der Waals surface area contributed by atoms with Gasteiger partial charge in [-0.1, -0.05) is 24.3 Å². The summed E-state index contributed by atoms with van der Waals surface area (Å²) in [5, 5.41) is 0. The van der Waals surface area contributed by atoms with Crippen LogP contribution in [0.1, 0.15) is 23.4 Å². The van der Waals surface area contributed by atoms with E-state index < -0.39 is 10.0 Å². The lowest BCUT2D eigenvalue weighted by Crippen LogP contribution is -2.14. The smallest absolute Gasteiger partial charge is 0.262 e. The minimum atomic E-state index is -3.64. The van der Waals surface area contributed by atoms with Crippen molar-refractivity contribution in [2.45, 2.75) is 38.1 Å². The van der Waals surface area contributed by atoms with E-state index in [0.29, 0.717) is 10.6 Å². The van der Waals surface area contributed by atoms with Crippen molar-refractivity contribution in [1.82, 2.24) is 9.55 Å². The lowest BCUT2D eigenvalue weighted by molar-refractivity contribution is 0.600. The van der Waals surface area contributed by atoms with E-state index in [4.69, 9.17) is 0 Å². The quantitative estimate of drug-likeness (QED) is 0.760. The third-order valence-electron chi connectivity index (χ3n) is 4.76. The second-order valence-electron chi connectivity index (χ2n) is 6.77. The van der Waals surface area contributed by atoms with Gasteiger partial charge in [0.2, 0.25) is 0 Å². The van der Waals surface area contributed by atoms with Gasteiger partial charge in [0.25, 0.3) is 10.0 Å². The minimum Gasteiger partial charge on any atom is -0.328 e. The van der Waals surface area contributed by atoms with Crippen LogP contribution in [-0.2, 0) is 23.0 Å². The fourth-order valence-electron chi connectivity index (χ4n) is 3.44. The van der Waals surface area contributed by atoms with Gasteiger partial charge in [-0.2, -0.15) is 0 Å². The molecule has 26 heavy (non-hydrogen) atoms. The van der Waals surface area contributed by atoms with Gasteiger partial charge in [-0.15, -0.1) is 0 Å². The van der Waals surface area contributed by atoms with Crippen LogP contribution in [0, 0.1) is 13.8 Å². The number of nitrogens with one attached hydrogen (secondary N) is 1. The zero-order chi connectivity index (χ0) is 18.3. The van der Waals surface area contributed by atoms with Crippen molar-refractivity contribution in [3.63, 3.8) is 0 Å². The molecule has 1 aliphatic rings. The first-order valence-electron chi connectivity index (χ1n) is 8.69. The van der Waals surface area contributed by atoms with Crippen molar-refractivity contribution in [3.8, 4) is 11.3 Å². The highest BCUT2D eigenvalue weighted by Crippen LogP contribution is 2.28. The predicted molar refractivity (Wildman–Crippen MR) is 103 cm³/mol. The number of sulfonamides is 1. The number of rotatable bonds is 4. The van der Waals surface area contributed by atoms with E-state index in [1.54, 1.807) is 19.1 Å². The normalized spacial score (nSPS) is 13.6. The van der Waals surface area contributed by atoms with E-state index in [-0.39, 0.29) is 0 Å². The summed E-state index contributed by atoms with van der Waals surface area (Å²) < 4.78 is 30.6. The average molecular weight is 367 g/mol. The van der Waals surface area contributed by atoms with Crippen molar-refractivity contribution in [2.75, 3.05) is 4.72 Å². The molecule has 0 spiro atoms. The number of aryl methyl sites for hydroxylation is 3. The molecule has 0 fully saturated rings. The van der Waals surface area contributed by atoms with Gasteiger partial charge in [-0.3, -0.25) is 4.72 Å². The van der Waals surface area contributed by atoms with Crippen molar-refractivity contribution in [3.05, 3.63) is 65.6 Å². The molecule has 0 saturated carbocycles. The maximum Gasteiger partial charge on any atom is 0.262 e. The molecule has 0 unspecified atom stereocenters. The summed E-state index contributed by atoms with van der Waals surface area (Å²) in [6, 6.07) is 12.9. The van der Waals surface area contributed by atoms with Gasteiger partial charge in [0.1, 0.15) is 5.82 Å². The molecule has 0 bridgehead atoms. The number of fused-ring (bicyclic) bond motifs is 1. The summed E-state index contributed by atoms with van der Waals surface area (Å²) >= 11 is 0. The monoisotopic (exact) mass is 367 g/mol. The molecule has 2 aromatic carbocycles.